The number of alkyl halides is 8. The average molecular weight is 1100 g/mol. The summed E-state index contributed by atoms with van der Waals surface area (Å²) in [4.78, 5) is 0. The van der Waals surface area contributed by atoms with E-state index >= 15 is 25.8 Å². The molecule has 1 spiro atoms. The van der Waals surface area contributed by atoms with Crippen molar-refractivity contribution in [1.82, 2.24) is 0 Å². The summed E-state index contributed by atoms with van der Waals surface area (Å²) in [5.74, 6) is -5.25. The highest BCUT2D eigenvalue weighted by atomic mass is 28.6. The van der Waals surface area contributed by atoms with Gasteiger partial charge in [0.15, 0.2) is 16.6 Å². The highest BCUT2D eigenvalue weighted by Gasteiger charge is 2.72. The second-order valence-electron chi connectivity index (χ2n) is 19.6. The molecule has 0 radical (unpaired) electrons. The van der Waals surface area contributed by atoms with Gasteiger partial charge in [0, 0.05) is 22.1 Å². The van der Waals surface area contributed by atoms with E-state index < -0.39 is 118 Å². The Bertz CT molecular complexity index is 1880. The molecule has 2 aliphatic rings. The van der Waals surface area contributed by atoms with E-state index in [4.69, 9.17) is 41.2 Å². The Kier molecular flexibility index (Phi) is 17.1. The zero-order chi connectivity index (χ0) is 49.0. The molecule has 2 aromatic rings. The Labute approximate surface area is 376 Å². The van der Waals surface area contributed by atoms with Crippen molar-refractivity contribution in [2.24, 2.45) is 0 Å². The van der Waals surface area contributed by atoms with Gasteiger partial charge in [0.25, 0.3) is 0 Å². The van der Waals surface area contributed by atoms with Gasteiger partial charge in [-0.3, -0.25) is 8.50 Å². The molecule has 4 rings (SSSR count). The lowest BCUT2D eigenvalue weighted by Gasteiger charge is -2.51. The van der Waals surface area contributed by atoms with Gasteiger partial charge in [0.05, 0.1) is 19.9 Å². The van der Waals surface area contributed by atoms with Crippen molar-refractivity contribution in [3.63, 3.8) is 0 Å². The molecule has 10 nitrogen and oxygen atoms in total. The maximum atomic E-state index is 17.1. The van der Waals surface area contributed by atoms with Crippen LogP contribution < -0.4 is 15.6 Å². The van der Waals surface area contributed by atoms with Crippen molar-refractivity contribution in [1.29, 1.82) is 0 Å². The second kappa shape index (κ2) is 18.9. The Balaban J connectivity index is 0.00000164. The normalized spacial score (nSPS) is 31.4. The molecule has 6 atom stereocenters. The fraction of sp³-hybridized carbons (Fsp3) is 0.625. The van der Waals surface area contributed by atoms with Gasteiger partial charge in [0.1, 0.15) is 6.30 Å². The van der Waals surface area contributed by atoms with Crippen molar-refractivity contribution in [3.05, 3.63) is 54.1 Å². The molecule has 0 N–H and O–H groups in total. The highest BCUT2D eigenvalue weighted by Crippen LogP contribution is 2.42. The molecule has 1 fully saturated rings. The third-order valence-electron chi connectivity index (χ3n) is 8.01. The van der Waals surface area contributed by atoms with Crippen molar-refractivity contribution in [2.75, 3.05) is 12.6 Å². The molecule has 2 bridgehead atoms. The van der Waals surface area contributed by atoms with Crippen LogP contribution >= 0.6 is 0 Å². The topological polar surface area (TPSA) is 92.3 Å². The maximum absolute atomic E-state index is 17.1. The summed E-state index contributed by atoms with van der Waals surface area (Å²) in [7, 11) is -47.6. The van der Waals surface area contributed by atoms with Gasteiger partial charge in [-0.25, -0.2) is 8.50 Å². The van der Waals surface area contributed by atoms with Crippen LogP contribution in [0.4, 0.5) is 43.3 Å². The van der Waals surface area contributed by atoms with E-state index in [-0.39, 0.29) is 21.9 Å². The first-order chi connectivity index (χ1) is 27.9. The molecule has 31 heteroatoms. The number of halogens is 10. The molecule has 63 heavy (non-hydrogen) atoms. The third-order valence-corrected chi connectivity index (χ3v) is 43.3. The van der Waals surface area contributed by atoms with Crippen LogP contribution in [0.5, 0.6) is 0 Å². The van der Waals surface area contributed by atoms with Crippen LogP contribution in [0.25, 0.3) is 0 Å². The van der Waals surface area contributed by atoms with Gasteiger partial charge in [-0.15, -0.1) is 0 Å². The molecule has 2 aliphatic heterocycles. The first-order valence-corrected chi connectivity index (χ1v) is 48.1. The lowest BCUT2D eigenvalue weighted by molar-refractivity contribution is -0.137. The van der Waals surface area contributed by atoms with Crippen LogP contribution in [0.2, 0.25) is 105 Å². The minimum absolute atomic E-state index is 0.0903. The van der Waals surface area contributed by atoms with Gasteiger partial charge in [-0.2, -0.15) is 26.3 Å². The van der Waals surface area contributed by atoms with Crippen LogP contribution in [0.1, 0.15) is 5.56 Å². The molecular weight excluding hydrogens is 1040 g/mol. The lowest BCUT2D eigenvalue weighted by Crippen LogP contribution is -2.80. The van der Waals surface area contributed by atoms with E-state index in [0.29, 0.717) is 12.6 Å². The largest absolute Gasteiger partial charge is 0.521 e. The zero-order valence-electron chi connectivity index (χ0n) is 38.4. The summed E-state index contributed by atoms with van der Waals surface area (Å²) >= 11 is 0. The highest BCUT2D eigenvalue weighted by molar-refractivity contribution is 7.03. The monoisotopic (exact) mass is 1100 g/mol. The number of hydrogen-bond donors (Lipinski definition) is 0. The molecule has 0 aliphatic carbocycles. The van der Waals surface area contributed by atoms with E-state index in [1.807, 2.05) is 19.6 Å². The standard InChI is InChI=1S/C28H49F9O10Si10.C4H11FSi/c1-48(2,3)38-55(40-50(7,8)36)25-18-15-19-26(21-25)57(42-51(9,10)41-53(12,45-55)28(33,34)35)46-54(13,37)43-52(11,22-29)44-56(47-57,39-49(4,5)6)24-17-14-16-23(20-24)27(30,31)32;1-6(2,3)4-5/h14-21H,22H2,1-13H3;4H2,1-3H3. The Morgan fingerprint density at radius 1 is 0.587 bits per heavy atom. The Morgan fingerprint density at radius 3 is 1.56 bits per heavy atom. The van der Waals surface area contributed by atoms with Crippen molar-refractivity contribution < 1.29 is 84.5 Å². The molecule has 1 saturated heterocycles. The maximum Gasteiger partial charge on any atom is 0.521 e. The number of hydrogen-bond acceptors (Lipinski definition) is 10. The van der Waals surface area contributed by atoms with E-state index in [2.05, 4.69) is 0 Å². The van der Waals surface area contributed by atoms with E-state index in [9.17, 15) is 17.6 Å². The third kappa shape index (κ3) is 15.6. The van der Waals surface area contributed by atoms with Crippen LogP contribution in [0.3, 0.4) is 0 Å². The van der Waals surface area contributed by atoms with Gasteiger partial charge in [-0.05, 0) is 90.7 Å². The fourth-order valence-corrected chi connectivity index (χ4v) is 46.8. The van der Waals surface area contributed by atoms with Crippen LogP contribution in [-0.2, 0) is 47.3 Å². The molecule has 362 valence electrons. The van der Waals surface area contributed by atoms with Crippen LogP contribution in [-0.4, -0.2) is 113 Å². The number of benzene rings is 2. The zero-order valence-corrected chi connectivity index (χ0v) is 49.4. The molecular formula is C32H60F10O10Si11. The minimum Gasteiger partial charge on any atom is -0.413 e. The van der Waals surface area contributed by atoms with Gasteiger partial charge < -0.3 is 41.2 Å². The van der Waals surface area contributed by atoms with Crippen molar-refractivity contribution in [3.8, 4) is 0 Å². The SMILES string of the molecule is C[Si](C)(C)CF.C[Si](C)(C)O[Si]1(c2cccc(C(F)(F)F)c2)O[Si](C)(CF)O[Si](C)(F)O[Si]2(O[Si](C)(C)O[Si](C)(C(F)(F)F)O[Si](O[Si](C)(C)C)(O[Si](C)(C)F)c3cccc2c3)O1. The second-order valence-corrected chi connectivity index (χ2v) is 58.8. The first-order valence-electron chi connectivity index (χ1n) is 19.7. The summed E-state index contributed by atoms with van der Waals surface area (Å²) in [5.41, 5.74) is -1.17. The fourth-order valence-electron chi connectivity index (χ4n) is 6.02. The van der Waals surface area contributed by atoms with E-state index in [1.165, 1.54) is 43.4 Å². The van der Waals surface area contributed by atoms with Crippen LogP contribution in [0, 0.1) is 0 Å². The molecule has 0 saturated carbocycles. The molecule has 0 amide bonds. The predicted octanol–water partition coefficient (Wildman–Crippen LogP) is 9.21. The minimum atomic E-state index is -5.72. The summed E-state index contributed by atoms with van der Waals surface area (Å²) in [6.45, 7) is 23.1. The quantitative estimate of drug-likeness (QED) is 0.138. The van der Waals surface area contributed by atoms with Gasteiger partial charge in [0.2, 0.25) is 0 Å². The molecule has 0 aromatic heterocycles. The first kappa shape index (κ1) is 57.0. The number of rotatable bonds is 9. The van der Waals surface area contributed by atoms with E-state index in [1.54, 1.807) is 39.3 Å². The van der Waals surface area contributed by atoms with Crippen molar-refractivity contribution >= 4 is 110 Å². The van der Waals surface area contributed by atoms with Gasteiger partial charge in [-0.1, -0.05) is 56.0 Å². The summed E-state index contributed by atoms with van der Waals surface area (Å²) in [6.07, 6.45) is -6.43. The average Bonchev–Trinajstić information content (AvgIpc) is 3.03. The molecule has 6 unspecified atom stereocenters. The number of fused-ring (bicyclic) bond motifs is 3. The van der Waals surface area contributed by atoms with Gasteiger partial charge >= 0.3 is 81.6 Å². The Hall–Kier alpha value is -0.274. The predicted molar refractivity (Wildman–Crippen MR) is 245 cm³/mol. The van der Waals surface area contributed by atoms with Crippen molar-refractivity contribution in [2.45, 2.75) is 117 Å². The summed E-state index contributed by atoms with van der Waals surface area (Å²) in [5, 5.41) is -0.771. The molecule has 2 heterocycles. The van der Waals surface area contributed by atoms with Crippen LogP contribution in [0.15, 0.2) is 48.5 Å². The Morgan fingerprint density at radius 2 is 1.10 bits per heavy atom. The summed E-state index contributed by atoms with van der Waals surface area (Å²) in [6, 6.07) is 8.83. The van der Waals surface area contributed by atoms with E-state index in [0.717, 1.165) is 38.3 Å². The smallest absolute Gasteiger partial charge is 0.413 e. The molecule has 2 aromatic carbocycles. The summed E-state index contributed by atoms with van der Waals surface area (Å²) < 4.78 is 212. The lowest BCUT2D eigenvalue weighted by atomic mass is 10.2.